The molecule has 0 bridgehead atoms. The summed E-state index contributed by atoms with van der Waals surface area (Å²) in [5, 5.41) is 0. The molecule has 3 aliphatic carbocycles. The topological polar surface area (TPSA) is 0 Å². The Balaban J connectivity index is 1.47. The van der Waals surface area contributed by atoms with E-state index in [-0.39, 0.29) is 0 Å². The third-order valence-electron chi connectivity index (χ3n) is 7.25. The maximum atomic E-state index is 2.56. The van der Waals surface area contributed by atoms with E-state index in [1.165, 1.54) is 75.3 Å². The number of hydrogen-bond acceptors (Lipinski definition) is 0. The monoisotopic (exact) mass is 377 g/mol. The van der Waals surface area contributed by atoms with Gasteiger partial charge in [0, 0.05) is 0 Å². The van der Waals surface area contributed by atoms with Gasteiger partial charge >= 0.3 is 170 Å². The van der Waals surface area contributed by atoms with Gasteiger partial charge in [0.1, 0.15) is 0 Å². The van der Waals surface area contributed by atoms with E-state index in [1.807, 2.05) is 0 Å². The van der Waals surface area contributed by atoms with Crippen LogP contribution in [0.4, 0.5) is 0 Å². The van der Waals surface area contributed by atoms with Crippen LogP contribution >= 0.6 is 0 Å². The number of benzene rings is 2. The minimum absolute atomic E-state index is 0.815. The van der Waals surface area contributed by atoms with Crippen LogP contribution in [0.15, 0.2) is 30.3 Å². The van der Waals surface area contributed by atoms with Crippen molar-refractivity contribution in [3.05, 3.63) is 52.6 Å². The van der Waals surface area contributed by atoms with Crippen molar-refractivity contribution in [2.45, 2.75) is 82.5 Å². The first kappa shape index (κ1) is 17.3. The Kier molecular flexibility index (Phi) is 4.84. The molecule has 133 valence electrons. The quantitative estimate of drug-likeness (QED) is 0.446. The zero-order valence-electron chi connectivity index (χ0n) is 15.8. The van der Waals surface area contributed by atoms with E-state index in [1.54, 1.807) is 26.1 Å². The van der Waals surface area contributed by atoms with Crippen LogP contribution in [0.3, 0.4) is 0 Å². The van der Waals surface area contributed by atoms with E-state index in [0.29, 0.717) is 0 Å². The van der Waals surface area contributed by atoms with Crippen LogP contribution in [0.1, 0.15) is 98.3 Å². The van der Waals surface area contributed by atoms with E-state index in [2.05, 4.69) is 50.8 Å². The number of hydrogen-bond donors (Lipinski definition) is 0. The Morgan fingerprint density at radius 2 is 1.35 bits per heavy atom. The Labute approximate surface area is 170 Å². The summed E-state index contributed by atoms with van der Waals surface area (Å²) >= 11 is 2.40. The zero-order chi connectivity index (χ0) is 17.5. The second-order valence-electron chi connectivity index (χ2n) is 8.82. The van der Waals surface area contributed by atoms with Crippen LogP contribution in [0, 0.1) is 0 Å². The average molecular weight is 377 g/mol. The predicted molar refractivity (Wildman–Crippen MR) is 106 cm³/mol. The van der Waals surface area contributed by atoms with Gasteiger partial charge in [0.15, 0.2) is 0 Å². The van der Waals surface area contributed by atoms with Gasteiger partial charge in [0.25, 0.3) is 0 Å². The molecule has 0 heterocycles. The van der Waals surface area contributed by atoms with Crippen molar-refractivity contribution < 1.29 is 20.4 Å². The summed E-state index contributed by atoms with van der Waals surface area (Å²) in [6, 6.07) is 12.3. The van der Waals surface area contributed by atoms with Crippen molar-refractivity contribution in [1.82, 2.24) is 0 Å². The van der Waals surface area contributed by atoms with Crippen molar-refractivity contribution in [2.75, 3.05) is 0 Å². The first-order valence-corrected chi connectivity index (χ1v) is 11.6. The second kappa shape index (κ2) is 7.29. The van der Waals surface area contributed by atoms with Crippen LogP contribution in [0.25, 0.3) is 11.1 Å². The van der Waals surface area contributed by atoms with Gasteiger partial charge in [-0.25, -0.2) is 0 Å². The van der Waals surface area contributed by atoms with Crippen LogP contribution in [-0.4, -0.2) is 0 Å². The third kappa shape index (κ3) is 3.04. The van der Waals surface area contributed by atoms with Gasteiger partial charge in [-0.3, -0.25) is 0 Å². The van der Waals surface area contributed by atoms with Gasteiger partial charge < -0.3 is 0 Å². The Morgan fingerprint density at radius 3 is 2.08 bits per heavy atom. The van der Waals surface area contributed by atoms with Crippen LogP contribution in [-0.2, 0) is 26.9 Å². The van der Waals surface area contributed by atoms with Crippen molar-refractivity contribution >= 4 is 3.87 Å². The van der Waals surface area contributed by atoms with Crippen LogP contribution in [0.2, 0.25) is 0 Å². The van der Waals surface area contributed by atoms with Crippen LogP contribution in [0.5, 0.6) is 0 Å². The third-order valence-corrected chi connectivity index (χ3v) is 8.18. The molecule has 0 saturated heterocycles. The van der Waals surface area contributed by atoms with Gasteiger partial charge in [-0.15, -0.1) is 0 Å². The van der Waals surface area contributed by atoms with E-state index in [9.17, 15) is 0 Å². The molecule has 2 aromatic carbocycles. The molecule has 0 amide bonds. The van der Waals surface area contributed by atoms with Gasteiger partial charge in [-0.05, 0) is 0 Å². The molecular formula is C25H29Ti. The Morgan fingerprint density at radius 1 is 0.692 bits per heavy atom. The fraction of sp³-hybridized carbons (Fsp3) is 0.520. The SMILES string of the molecule is [Ti][c]1c(C2CCCCC2)ccc2c1Cc1cc(C3CCCCC3)ccc1-2. The molecule has 3 aliphatic rings. The number of rotatable bonds is 2. The first-order chi connectivity index (χ1) is 12.8. The molecule has 0 unspecified atom stereocenters. The number of fused-ring (bicyclic) bond motifs is 3. The Bertz CT molecular complexity index is 807. The average Bonchev–Trinajstić information content (AvgIpc) is 3.08. The van der Waals surface area contributed by atoms with E-state index in [0.717, 1.165) is 18.3 Å². The normalized spacial score (nSPS) is 20.7. The summed E-state index contributed by atoms with van der Waals surface area (Å²) in [6.07, 6.45) is 15.3. The van der Waals surface area contributed by atoms with Gasteiger partial charge in [-0.2, -0.15) is 0 Å². The molecule has 26 heavy (non-hydrogen) atoms. The fourth-order valence-electron chi connectivity index (χ4n) is 5.76. The fourth-order valence-corrected chi connectivity index (χ4v) is 6.56. The van der Waals surface area contributed by atoms with Crippen molar-refractivity contribution in [1.29, 1.82) is 0 Å². The molecular weight excluding hydrogens is 348 g/mol. The Hall–Kier alpha value is -0.846. The summed E-state index contributed by atoms with van der Waals surface area (Å²) < 4.78 is 1.60. The molecule has 0 spiro atoms. The van der Waals surface area contributed by atoms with E-state index in [4.69, 9.17) is 0 Å². The maximum absolute atomic E-state index is 2.56. The summed E-state index contributed by atoms with van der Waals surface area (Å²) in [6.45, 7) is 0. The standard InChI is InChI=1S/C25H29.Ti/c1-3-7-18(8-4-1)20-11-13-24-22(15-20)17-23-16-21(12-14-25(23)24)19-9-5-2-6-10-19;/h11-15,18-19H,1-10,17H2;. The van der Waals surface area contributed by atoms with Gasteiger partial charge in [-0.1, -0.05) is 0 Å². The van der Waals surface area contributed by atoms with Gasteiger partial charge in [0.2, 0.25) is 0 Å². The molecule has 0 atom stereocenters. The van der Waals surface area contributed by atoms with E-state index < -0.39 is 0 Å². The molecule has 0 nitrogen and oxygen atoms in total. The molecule has 2 fully saturated rings. The van der Waals surface area contributed by atoms with Gasteiger partial charge in [0.05, 0.1) is 0 Å². The van der Waals surface area contributed by atoms with E-state index >= 15 is 0 Å². The van der Waals surface area contributed by atoms with Crippen molar-refractivity contribution in [2.24, 2.45) is 0 Å². The second-order valence-corrected chi connectivity index (χ2v) is 9.60. The summed E-state index contributed by atoms with van der Waals surface area (Å²) in [5.74, 6) is 1.63. The summed E-state index contributed by atoms with van der Waals surface area (Å²) in [5.41, 5.74) is 9.52. The van der Waals surface area contributed by atoms with Crippen molar-refractivity contribution in [3.8, 4) is 11.1 Å². The predicted octanol–water partition coefficient (Wildman–Crippen LogP) is 6.53. The molecule has 0 aliphatic heterocycles. The first-order valence-electron chi connectivity index (χ1n) is 10.8. The zero-order valence-corrected chi connectivity index (χ0v) is 17.4. The molecule has 2 aromatic rings. The summed E-state index contributed by atoms with van der Waals surface area (Å²) in [7, 11) is 0. The molecule has 5 rings (SSSR count). The molecule has 0 N–H and O–H groups in total. The molecule has 0 aromatic heterocycles. The molecule has 0 radical (unpaired) electrons. The van der Waals surface area contributed by atoms with Crippen molar-refractivity contribution in [3.63, 3.8) is 0 Å². The van der Waals surface area contributed by atoms with Crippen LogP contribution < -0.4 is 3.87 Å². The molecule has 2 saturated carbocycles. The molecule has 1 heteroatoms. The minimum atomic E-state index is 0.815. The summed E-state index contributed by atoms with van der Waals surface area (Å²) in [4.78, 5) is 0.